The third kappa shape index (κ3) is 4.04. The number of nitrogens with zero attached hydrogens (tertiary/aromatic N) is 3. The van der Waals surface area contributed by atoms with E-state index in [2.05, 4.69) is 10.1 Å². The van der Waals surface area contributed by atoms with Crippen LogP contribution in [0, 0.1) is 6.92 Å². The van der Waals surface area contributed by atoms with Crippen LogP contribution in [0.2, 0.25) is 0 Å². The molecule has 0 unspecified atom stereocenters. The Morgan fingerprint density at radius 3 is 2.31 bits per heavy atom. The molecule has 0 amide bonds. The molecule has 2 heterocycles. The molecule has 1 aromatic heterocycles. The normalized spacial score (nSPS) is 16.1. The van der Waals surface area contributed by atoms with Crippen molar-refractivity contribution in [3.8, 4) is 17.1 Å². The molecule has 152 valence electrons. The fraction of sp³-hybridized carbons (Fsp3) is 0.333. The van der Waals surface area contributed by atoms with Crippen molar-refractivity contribution in [2.24, 2.45) is 0 Å². The van der Waals surface area contributed by atoms with Crippen molar-refractivity contribution < 1.29 is 17.7 Å². The molecule has 0 saturated carbocycles. The lowest BCUT2D eigenvalue weighted by Gasteiger charge is -2.29. The number of hydrogen-bond donors (Lipinski definition) is 0. The van der Waals surface area contributed by atoms with Crippen LogP contribution < -0.4 is 4.74 Å². The van der Waals surface area contributed by atoms with Gasteiger partial charge in [0.2, 0.25) is 21.7 Å². The minimum Gasteiger partial charge on any atom is -0.497 e. The van der Waals surface area contributed by atoms with Crippen LogP contribution in [0.4, 0.5) is 0 Å². The highest BCUT2D eigenvalue weighted by molar-refractivity contribution is 7.89. The number of aryl methyl sites for hydroxylation is 1. The Hall–Kier alpha value is -2.71. The molecule has 1 aliphatic rings. The summed E-state index contributed by atoms with van der Waals surface area (Å²) in [6, 6.07) is 14.4. The van der Waals surface area contributed by atoms with Crippen molar-refractivity contribution in [3.05, 3.63) is 60.0 Å². The van der Waals surface area contributed by atoms with Crippen LogP contribution in [0.1, 0.15) is 30.2 Å². The highest BCUT2D eigenvalue weighted by Crippen LogP contribution is 2.31. The fourth-order valence-corrected chi connectivity index (χ4v) is 4.93. The first-order valence-corrected chi connectivity index (χ1v) is 11.0. The number of hydrogen-bond acceptors (Lipinski definition) is 6. The maximum atomic E-state index is 12.9. The van der Waals surface area contributed by atoms with E-state index in [9.17, 15) is 8.42 Å². The number of benzene rings is 2. The van der Waals surface area contributed by atoms with Crippen LogP contribution >= 0.6 is 0 Å². The molecule has 0 radical (unpaired) electrons. The average Bonchev–Trinajstić information content (AvgIpc) is 3.24. The number of piperidine rings is 1. The number of rotatable bonds is 5. The monoisotopic (exact) mass is 413 g/mol. The summed E-state index contributed by atoms with van der Waals surface area (Å²) in [6.45, 7) is 2.86. The van der Waals surface area contributed by atoms with E-state index in [0.29, 0.717) is 43.4 Å². The molecule has 1 fully saturated rings. The van der Waals surface area contributed by atoms with Crippen molar-refractivity contribution in [3.63, 3.8) is 0 Å². The first kappa shape index (κ1) is 19.6. The Labute approximate surface area is 170 Å². The summed E-state index contributed by atoms with van der Waals surface area (Å²) in [5.41, 5.74) is 2.08. The Balaban J connectivity index is 1.43. The van der Waals surface area contributed by atoms with Crippen molar-refractivity contribution in [2.75, 3.05) is 20.2 Å². The van der Waals surface area contributed by atoms with E-state index in [0.717, 1.165) is 5.56 Å². The molecule has 29 heavy (non-hydrogen) atoms. The minimum atomic E-state index is -3.52. The maximum absolute atomic E-state index is 12.9. The Kier molecular flexibility index (Phi) is 5.38. The van der Waals surface area contributed by atoms with Crippen molar-refractivity contribution in [1.82, 2.24) is 14.4 Å². The summed E-state index contributed by atoms with van der Waals surface area (Å²) < 4.78 is 37.9. The SMILES string of the molecule is COc1ccc(S(=O)(=O)N2CCC(c3nc(-c4ccc(C)cc4)no3)CC2)cc1. The molecule has 0 spiro atoms. The second kappa shape index (κ2) is 7.96. The fourth-order valence-electron chi connectivity index (χ4n) is 3.46. The standard InChI is InChI=1S/C21H23N3O4S/c1-15-3-5-16(6-4-15)20-22-21(28-23-20)17-11-13-24(14-12-17)29(25,26)19-9-7-18(27-2)8-10-19/h3-10,17H,11-14H2,1-2H3. The van der Waals surface area contributed by atoms with Crippen LogP contribution in [0.25, 0.3) is 11.4 Å². The van der Waals surface area contributed by atoms with Gasteiger partial charge in [0, 0.05) is 24.6 Å². The second-order valence-corrected chi connectivity index (χ2v) is 9.11. The quantitative estimate of drug-likeness (QED) is 0.635. The van der Waals surface area contributed by atoms with E-state index in [1.165, 1.54) is 9.87 Å². The molecule has 2 aromatic carbocycles. The van der Waals surface area contributed by atoms with Crippen molar-refractivity contribution in [1.29, 1.82) is 0 Å². The predicted octanol–water partition coefficient (Wildman–Crippen LogP) is 3.62. The lowest BCUT2D eigenvalue weighted by atomic mass is 9.98. The van der Waals surface area contributed by atoms with Gasteiger partial charge in [-0.25, -0.2) is 8.42 Å². The third-order valence-corrected chi connectivity index (χ3v) is 7.16. The number of aromatic nitrogens is 2. The van der Waals surface area contributed by atoms with Crippen LogP contribution in [0.15, 0.2) is 57.9 Å². The maximum Gasteiger partial charge on any atom is 0.243 e. The Morgan fingerprint density at radius 1 is 1.03 bits per heavy atom. The Morgan fingerprint density at radius 2 is 1.69 bits per heavy atom. The highest BCUT2D eigenvalue weighted by Gasteiger charge is 2.32. The van der Waals surface area contributed by atoms with Gasteiger partial charge in [0.1, 0.15) is 5.75 Å². The van der Waals surface area contributed by atoms with Gasteiger partial charge in [0.05, 0.1) is 12.0 Å². The summed E-state index contributed by atoms with van der Waals surface area (Å²) in [4.78, 5) is 4.81. The van der Waals surface area contributed by atoms with E-state index in [1.807, 2.05) is 31.2 Å². The topological polar surface area (TPSA) is 85.5 Å². The smallest absolute Gasteiger partial charge is 0.243 e. The zero-order valence-corrected chi connectivity index (χ0v) is 17.2. The minimum absolute atomic E-state index is 0.0593. The summed E-state index contributed by atoms with van der Waals surface area (Å²) in [7, 11) is -1.97. The van der Waals surface area contributed by atoms with Crippen LogP contribution in [0.5, 0.6) is 5.75 Å². The van der Waals surface area contributed by atoms with Crippen molar-refractivity contribution in [2.45, 2.75) is 30.6 Å². The van der Waals surface area contributed by atoms with Gasteiger partial charge in [0.25, 0.3) is 0 Å². The molecule has 3 aromatic rings. The first-order valence-electron chi connectivity index (χ1n) is 9.52. The molecule has 0 N–H and O–H groups in total. The van der Waals surface area contributed by atoms with Gasteiger partial charge >= 0.3 is 0 Å². The van der Waals surface area contributed by atoms with Gasteiger partial charge < -0.3 is 9.26 Å². The van der Waals surface area contributed by atoms with Gasteiger partial charge in [-0.1, -0.05) is 35.0 Å². The number of sulfonamides is 1. The zero-order valence-electron chi connectivity index (χ0n) is 16.4. The molecule has 7 nitrogen and oxygen atoms in total. The summed E-state index contributed by atoms with van der Waals surface area (Å²) >= 11 is 0. The lowest BCUT2D eigenvalue weighted by molar-refractivity contribution is 0.271. The highest BCUT2D eigenvalue weighted by atomic mass is 32.2. The zero-order chi connectivity index (χ0) is 20.4. The molecule has 1 aliphatic heterocycles. The lowest BCUT2D eigenvalue weighted by Crippen LogP contribution is -2.37. The van der Waals surface area contributed by atoms with Gasteiger partial charge in [-0.3, -0.25) is 0 Å². The number of ether oxygens (including phenoxy) is 1. The average molecular weight is 413 g/mol. The molecule has 4 rings (SSSR count). The van der Waals surface area contributed by atoms with E-state index in [1.54, 1.807) is 31.4 Å². The van der Waals surface area contributed by atoms with Crippen molar-refractivity contribution >= 4 is 10.0 Å². The van der Waals surface area contributed by atoms with Gasteiger partial charge in [0.15, 0.2) is 0 Å². The third-order valence-electron chi connectivity index (χ3n) is 5.25. The van der Waals surface area contributed by atoms with E-state index in [4.69, 9.17) is 9.26 Å². The van der Waals surface area contributed by atoms with Gasteiger partial charge in [-0.2, -0.15) is 9.29 Å². The summed E-state index contributed by atoms with van der Waals surface area (Å²) in [5.74, 6) is 1.82. The molecule has 0 bridgehead atoms. The van der Waals surface area contributed by atoms with E-state index >= 15 is 0 Å². The molecule has 8 heteroatoms. The summed E-state index contributed by atoms with van der Waals surface area (Å²) in [6.07, 6.45) is 1.29. The Bertz CT molecular complexity index is 1070. The van der Waals surface area contributed by atoms with Crippen LogP contribution in [-0.4, -0.2) is 43.1 Å². The van der Waals surface area contributed by atoms with Crippen LogP contribution in [-0.2, 0) is 10.0 Å². The van der Waals surface area contributed by atoms with E-state index in [-0.39, 0.29) is 10.8 Å². The largest absolute Gasteiger partial charge is 0.497 e. The predicted molar refractivity (Wildman–Crippen MR) is 108 cm³/mol. The molecule has 0 atom stereocenters. The molecule has 1 saturated heterocycles. The molecular weight excluding hydrogens is 390 g/mol. The molecular formula is C21H23N3O4S. The second-order valence-electron chi connectivity index (χ2n) is 7.18. The van der Waals surface area contributed by atoms with Gasteiger partial charge in [-0.05, 0) is 44.0 Å². The number of methoxy groups -OCH3 is 1. The van der Waals surface area contributed by atoms with E-state index < -0.39 is 10.0 Å². The van der Waals surface area contributed by atoms with Crippen LogP contribution in [0.3, 0.4) is 0 Å². The molecule has 0 aliphatic carbocycles. The summed E-state index contributed by atoms with van der Waals surface area (Å²) in [5, 5.41) is 4.09. The first-order chi connectivity index (χ1) is 14.0. The van der Waals surface area contributed by atoms with Gasteiger partial charge in [-0.15, -0.1) is 0 Å².